The SMILES string of the molecule is CCCCCCCCCCCCCCC[C@@H](O)[C@H](COC1O[C@H](CO)[C@H](O)[C@H](O)[C@H]1O)NC(=O)CCCCCCCCCCCCC. The Kier molecular flexibility index (Phi) is 28.3. The van der Waals surface area contributed by atoms with E-state index in [2.05, 4.69) is 19.2 Å². The molecule has 0 spiro atoms. The Balaban J connectivity index is 2.41. The van der Waals surface area contributed by atoms with Gasteiger partial charge in [0.2, 0.25) is 5.91 Å². The Morgan fingerprint density at radius 1 is 0.638 bits per heavy atom. The van der Waals surface area contributed by atoms with Gasteiger partial charge in [0.1, 0.15) is 24.4 Å². The fourth-order valence-electron chi connectivity index (χ4n) is 6.45. The number of unbranched alkanes of at least 4 members (excludes halogenated alkanes) is 22. The van der Waals surface area contributed by atoms with Crippen molar-refractivity contribution in [2.45, 2.75) is 224 Å². The van der Waals surface area contributed by atoms with Crippen molar-refractivity contribution in [2.75, 3.05) is 13.2 Å². The molecule has 0 saturated carbocycles. The first-order valence-electron chi connectivity index (χ1n) is 19.7. The molecule has 1 aliphatic rings. The Morgan fingerprint density at radius 2 is 1.06 bits per heavy atom. The molecular formula is C38H75NO8. The summed E-state index contributed by atoms with van der Waals surface area (Å²) in [6.45, 7) is 3.81. The van der Waals surface area contributed by atoms with Crippen molar-refractivity contribution in [2.24, 2.45) is 0 Å². The summed E-state index contributed by atoms with van der Waals surface area (Å²) in [5.74, 6) is -0.146. The molecule has 0 radical (unpaired) electrons. The highest BCUT2D eigenvalue weighted by Crippen LogP contribution is 2.23. The van der Waals surface area contributed by atoms with Crippen molar-refractivity contribution in [1.82, 2.24) is 5.32 Å². The molecule has 0 aromatic rings. The van der Waals surface area contributed by atoms with Crippen LogP contribution in [0, 0.1) is 0 Å². The third-order valence-corrected chi connectivity index (χ3v) is 9.71. The second kappa shape index (κ2) is 30.1. The molecule has 6 N–H and O–H groups in total. The Morgan fingerprint density at radius 3 is 1.51 bits per heavy atom. The molecule has 47 heavy (non-hydrogen) atoms. The van der Waals surface area contributed by atoms with E-state index in [0.717, 1.165) is 38.5 Å². The number of carbonyl (C=O) groups is 1. The molecule has 1 fully saturated rings. The summed E-state index contributed by atoms with van der Waals surface area (Å²) in [6.07, 6.45) is 22.5. The molecule has 0 aromatic heterocycles. The van der Waals surface area contributed by atoms with Gasteiger partial charge in [0, 0.05) is 6.42 Å². The summed E-state index contributed by atoms with van der Waals surface area (Å²) >= 11 is 0. The number of nitrogens with one attached hydrogen (secondary N) is 1. The molecule has 7 atom stereocenters. The third kappa shape index (κ3) is 21.8. The Bertz CT molecular complexity index is 711. The van der Waals surface area contributed by atoms with Gasteiger partial charge in [-0.15, -0.1) is 0 Å². The topological polar surface area (TPSA) is 149 Å². The highest BCUT2D eigenvalue weighted by Gasteiger charge is 2.44. The number of rotatable bonds is 32. The van der Waals surface area contributed by atoms with Crippen LogP contribution >= 0.6 is 0 Å². The molecule has 9 heteroatoms. The monoisotopic (exact) mass is 674 g/mol. The van der Waals surface area contributed by atoms with Crippen LogP contribution in [0.5, 0.6) is 0 Å². The Labute approximate surface area is 287 Å². The van der Waals surface area contributed by atoms with Gasteiger partial charge in [0.25, 0.3) is 0 Å². The molecule has 1 saturated heterocycles. The lowest BCUT2D eigenvalue weighted by Crippen LogP contribution is -2.60. The van der Waals surface area contributed by atoms with E-state index in [4.69, 9.17) is 9.47 Å². The normalized spacial score (nSPS) is 22.7. The second-order valence-corrected chi connectivity index (χ2v) is 14.1. The zero-order valence-corrected chi connectivity index (χ0v) is 30.3. The molecule has 1 aliphatic heterocycles. The van der Waals surface area contributed by atoms with Crippen LogP contribution in [-0.2, 0) is 14.3 Å². The van der Waals surface area contributed by atoms with Crippen molar-refractivity contribution < 1.29 is 39.8 Å². The number of hydrogen-bond donors (Lipinski definition) is 6. The minimum absolute atomic E-state index is 0.133. The van der Waals surface area contributed by atoms with Crippen molar-refractivity contribution in [3.8, 4) is 0 Å². The summed E-state index contributed by atoms with van der Waals surface area (Å²) in [6, 6.07) is -0.708. The lowest BCUT2D eigenvalue weighted by atomic mass is 9.99. The molecule has 280 valence electrons. The molecule has 0 aliphatic carbocycles. The quantitative estimate of drug-likeness (QED) is 0.0426. The first-order valence-corrected chi connectivity index (χ1v) is 19.7. The number of amides is 1. The van der Waals surface area contributed by atoms with E-state index in [9.17, 15) is 30.3 Å². The lowest BCUT2D eigenvalue weighted by Gasteiger charge is -2.40. The zero-order valence-electron chi connectivity index (χ0n) is 30.3. The summed E-state index contributed by atoms with van der Waals surface area (Å²) in [5, 5.41) is 54.0. The summed E-state index contributed by atoms with van der Waals surface area (Å²) < 4.78 is 11.2. The number of carbonyl (C=O) groups excluding carboxylic acids is 1. The number of hydrogen-bond acceptors (Lipinski definition) is 8. The van der Waals surface area contributed by atoms with Gasteiger partial charge >= 0.3 is 0 Å². The smallest absolute Gasteiger partial charge is 0.220 e. The van der Waals surface area contributed by atoms with Crippen molar-refractivity contribution in [3.63, 3.8) is 0 Å². The van der Waals surface area contributed by atoms with Crippen LogP contribution in [0.1, 0.15) is 181 Å². The van der Waals surface area contributed by atoms with Crippen molar-refractivity contribution >= 4 is 5.91 Å². The predicted octanol–water partition coefficient (Wildman–Crippen LogP) is 6.83. The van der Waals surface area contributed by atoms with E-state index < -0.39 is 49.5 Å². The zero-order chi connectivity index (χ0) is 34.5. The fourth-order valence-corrected chi connectivity index (χ4v) is 6.45. The van der Waals surface area contributed by atoms with Crippen LogP contribution in [0.3, 0.4) is 0 Å². The van der Waals surface area contributed by atoms with Crippen LogP contribution in [0.25, 0.3) is 0 Å². The second-order valence-electron chi connectivity index (χ2n) is 14.1. The largest absolute Gasteiger partial charge is 0.394 e. The predicted molar refractivity (Wildman–Crippen MR) is 189 cm³/mol. The molecule has 1 unspecified atom stereocenters. The van der Waals surface area contributed by atoms with Gasteiger partial charge in [0.15, 0.2) is 6.29 Å². The van der Waals surface area contributed by atoms with Crippen LogP contribution in [-0.4, -0.2) is 87.5 Å². The third-order valence-electron chi connectivity index (χ3n) is 9.71. The molecular weight excluding hydrogens is 598 g/mol. The van der Waals surface area contributed by atoms with Gasteiger partial charge in [-0.2, -0.15) is 0 Å². The molecule has 0 aromatic carbocycles. The minimum atomic E-state index is -1.55. The van der Waals surface area contributed by atoms with Gasteiger partial charge in [0.05, 0.1) is 25.4 Å². The molecule has 1 rings (SSSR count). The average molecular weight is 674 g/mol. The minimum Gasteiger partial charge on any atom is -0.394 e. The van der Waals surface area contributed by atoms with Crippen LogP contribution < -0.4 is 5.32 Å². The number of aliphatic hydroxyl groups excluding tert-OH is 5. The van der Waals surface area contributed by atoms with Gasteiger partial charge in [-0.25, -0.2) is 0 Å². The van der Waals surface area contributed by atoms with E-state index in [0.29, 0.717) is 12.8 Å². The van der Waals surface area contributed by atoms with Gasteiger partial charge in [-0.3, -0.25) is 4.79 Å². The fraction of sp³-hybridized carbons (Fsp3) is 0.974. The maximum atomic E-state index is 12.9. The van der Waals surface area contributed by atoms with E-state index in [-0.39, 0.29) is 12.5 Å². The van der Waals surface area contributed by atoms with E-state index in [1.807, 2.05) is 0 Å². The van der Waals surface area contributed by atoms with Crippen LogP contribution in [0.15, 0.2) is 0 Å². The van der Waals surface area contributed by atoms with Gasteiger partial charge < -0.3 is 40.3 Å². The van der Waals surface area contributed by atoms with Crippen LogP contribution in [0.4, 0.5) is 0 Å². The highest BCUT2D eigenvalue weighted by molar-refractivity contribution is 5.76. The maximum absolute atomic E-state index is 12.9. The van der Waals surface area contributed by atoms with E-state index >= 15 is 0 Å². The first kappa shape index (κ1) is 44.2. The van der Waals surface area contributed by atoms with Crippen LogP contribution in [0.2, 0.25) is 0 Å². The molecule has 0 bridgehead atoms. The highest BCUT2D eigenvalue weighted by atomic mass is 16.7. The Hall–Kier alpha value is -0.810. The number of aliphatic hydroxyl groups is 5. The van der Waals surface area contributed by atoms with E-state index in [1.165, 1.54) is 116 Å². The summed E-state index contributed by atoms with van der Waals surface area (Å²) in [5.41, 5.74) is 0. The van der Waals surface area contributed by atoms with E-state index in [1.54, 1.807) is 0 Å². The summed E-state index contributed by atoms with van der Waals surface area (Å²) in [4.78, 5) is 12.9. The number of ether oxygens (including phenoxy) is 2. The van der Waals surface area contributed by atoms with Crippen molar-refractivity contribution in [3.05, 3.63) is 0 Å². The maximum Gasteiger partial charge on any atom is 0.220 e. The molecule has 1 heterocycles. The lowest BCUT2D eigenvalue weighted by molar-refractivity contribution is -0.302. The molecule has 1 amide bonds. The molecule has 9 nitrogen and oxygen atoms in total. The average Bonchev–Trinajstić information content (AvgIpc) is 3.07. The standard InChI is InChI=1S/C38H75NO8/c1-3-5-7-9-11-13-15-16-18-19-21-23-25-27-32(41)31(30-46-38-37(45)36(44)35(43)33(29-40)47-38)39-34(42)28-26-24-22-20-17-14-12-10-8-6-4-2/h31-33,35-38,40-41,43-45H,3-30H2,1-2H3,(H,39,42)/t31-,32+,33+,35-,36-,37+,38?/m0/s1. The van der Waals surface area contributed by atoms with Gasteiger partial charge in [-0.1, -0.05) is 162 Å². The summed E-state index contributed by atoms with van der Waals surface area (Å²) in [7, 11) is 0. The van der Waals surface area contributed by atoms with Crippen molar-refractivity contribution in [1.29, 1.82) is 0 Å². The van der Waals surface area contributed by atoms with Gasteiger partial charge in [-0.05, 0) is 12.8 Å². The first-order chi connectivity index (χ1) is 22.8.